The van der Waals surface area contributed by atoms with Crippen LogP contribution in [0.4, 0.5) is 5.69 Å². The van der Waals surface area contributed by atoms with Crippen LogP contribution in [-0.2, 0) is 0 Å². The number of nitrogens with zero attached hydrogens (tertiary/aromatic N) is 2. The number of carbonyl (C=O) groups excluding carboxylic acids is 1. The van der Waals surface area contributed by atoms with Crippen LogP contribution in [0.2, 0.25) is 0 Å². The Morgan fingerprint density at radius 1 is 1.14 bits per heavy atom. The van der Waals surface area contributed by atoms with Gasteiger partial charge in [-0.15, -0.1) is 0 Å². The number of hydrogen-bond acceptors (Lipinski definition) is 4. The zero-order chi connectivity index (χ0) is 20.5. The first-order valence-corrected chi connectivity index (χ1v) is 10.2. The summed E-state index contributed by atoms with van der Waals surface area (Å²) < 4.78 is 5.26. The highest BCUT2D eigenvalue weighted by Gasteiger charge is 2.26. The molecule has 0 amide bonds. The number of aryl methyl sites for hydroxylation is 2. The minimum atomic E-state index is 0.197. The summed E-state index contributed by atoms with van der Waals surface area (Å²) in [5, 5.41) is 1.03. The van der Waals surface area contributed by atoms with Gasteiger partial charge in [0.25, 0.3) is 0 Å². The number of fused-ring (bicyclic) bond motifs is 1. The lowest BCUT2D eigenvalue weighted by molar-refractivity contribution is 0.0918. The van der Waals surface area contributed by atoms with E-state index in [0.29, 0.717) is 12.6 Å². The molecule has 5 heteroatoms. The van der Waals surface area contributed by atoms with Crippen molar-refractivity contribution in [1.29, 1.82) is 0 Å². The van der Waals surface area contributed by atoms with Gasteiger partial charge in [-0.1, -0.05) is 12.1 Å². The maximum Gasteiger partial charge on any atom is 0.179 e. The number of rotatable bonds is 5. The fraction of sp³-hybridized carbons (Fsp3) is 0.375. The highest BCUT2D eigenvalue weighted by atomic mass is 16.5. The van der Waals surface area contributed by atoms with Crippen molar-refractivity contribution < 1.29 is 9.53 Å². The van der Waals surface area contributed by atoms with Crippen LogP contribution < -0.4 is 9.64 Å². The largest absolute Gasteiger partial charge is 0.497 e. The summed E-state index contributed by atoms with van der Waals surface area (Å²) in [6.45, 7) is 9.41. The van der Waals surface area contributed by atoms with E-state index < -0.39 is 0 Å². The molecular formula is C24H29N3O2. The van der Waals surface area contributed by atoms with Gasteiger partial charge in [-0.25, -0.2) is 0 Å². The third-order valence-electron chi connectivity index (χ3n) is 5.90. The van der Waals surface area contributed by atoms with E-state index in [1.807, 2.05) is 19.1 Å². The predicted molar refractivity (Wildman–Crippen MR) is 118 cm³/mol. The fourth-order valence-corrected chi connectivity index (χ4v) is 4.42. The van der Waals surface area contributed by atoms with E-state index in [0.717, 1.165) is 47.5 Å². The average Bonchev–Trinajstić information content (AvgIpc) is 3.03. The van der Waals surface area contributed by atoms with Crippen LogP contribution in [0.5, 0.6) is 5.75 Å². The van der Waals surface area contributed by atoms with Crippen molar-refractivity contribution in [1.82, 2.24) is 9.88 Å². The number of anilines is 1. The van der Waals surface area contributed by atoms with Crippen LogP contribution >= 0.6 is 0 Å². The molecule has 3 aromatic rings. The Hall–Kier alpha value is -2.79. The summed E-state index contributed by atoms with van der Waals surface area (Å²) in [6.07, 6.45) is 0. The lowest BCUT2D eigenvalue weighted by atomic mass is 10.0. The topological polar surface area (TPSA) is 48.6 Å². The number of hydrogen-bond donors (Lipinski definition) is 1. The second-order valence-electron chi connectivity index (χ2n) is 8.07. The van der Waals surface area contributed by atoms with Gasteiger partial charge in [0.05, 0.1) is 13.7 Å². The van der Waals surface area contributed by atoms with E-state index in [1.165, 1.54) is 11.3 Å². The van der Waals surface area contributed by atoms with Gasteiger partial charge in [-0.3, -0.25) is 9.69 Å². The van der Waals surface area contributed by atoms with Gasteiger partial charge in [0.2, 0.25) is 0 Å². The minimum Gasteiger partial charge on any atom is -0.497 e. The first-order chi connectivity index (χ1) is 14.0. The molecule has 1 saturated heterocycles. The van der Waals surface area contributed by atoms with Crippen LogP contribution in [0, 0.1) is 13.8 Å². The molecule has 2 heterocycles. The number of piperazine rings is 1. The van der Waals surface area contributed by atoms with Gasteiger partial charge in [-0.2, -0.15) is 0 Å². The predicted octanol–water partition coefficient (Wildman–Crippen LogP) is 4.19. The van der Waals surface area contributed by atoms with Gasteiger partial charge < -0.3 is 14.6 Å². The highest BCUT2D eigenvalue weighted by Crippen LogP contribution is 2.26. The highest BCUT2D eigenvalue weighted by molar-refractivity contribution is 6.10. The third kappa shape index (κ3) is 3.87. The van der Waals surface area contributed by atoms with Gasteiger partial charge in [0, 0.05) is 53.5 Å². The number of nitrogens with one attached hydrogen (secondary N) is 1. The lowest BCUT2D eigenvalue weighted by Crippen LogP contribution is -2.53. The number of aromatic nitrogens is 1. The van der Waals surface area contributed by atoms with Crippen LogP contribution in [0.1, 0.15) is 28.5 Å². The molecule has 2 aromatic carbocycles. The standard InChI is InChI=1S/C24H29N3O2/c1-16-5-10-21-22(13-16)25-18(3)24(21)23(28)15-26-11-12-27(17(2)14-26)19-6-8-20(29-4)9-7-19/h5-10,13,17,25H,11-12,14-15H2,1-4H3/t17-/m1/s1. The smallest absolute Gasteiger partial charge is 0.179 e. The summed E-state index contributed by atoms with van der Waals surface area (Å²) in [6, 6.07) is 14.8. The van der Waals surface area contributed by atoms with E-state index in [-0.39, 0.29) is 5.78 Å². The summed E-state index contributed by atoms with van der Waals surface area (Å²) in [7, 11) is 1.68. The van der Waals surface area contributed by atoms with Gasteiger partial charge in [0.15, 0.2) is 5.78 Å². The molecule has 5 nitrogen and oxygen atoms in total. The van der Waals surface area contributed by atoms with Crippen molar-refractivity contribution in [2.75, 3.05) is 38.2 Å². The van der Waals surface area contributed by atoms with Crippen LogP contribution in [-0.4, -0.2) is 55.0 Å². The number of carbonyl (C=O) groups is 1. The maximum absolute atomic E-state index is 13.1. The molecular weight excluding hydrogens is 362 g/mol. The number of H-pyrrole nitrogens is 1. The van der Waals surface area contributed by atoms with Crippen molar-refractivity contribution in [3.8, 4) is 5.75 Å². The van der Waals surface area contributed by atoms with Crippen molar-refractivity contribution in [2.45, 2.75) is 26.8 Å². The molecule has 1 aliphatic rings. The Bertz CT molecular complexity index is 1020. The molecule has 1 aromatic heterocycles. The Kier molecular flexibility index (Phi) is 5.33. The number of ether oxygens (including phenoxy) is 1. The normalized spacial score (nSPS) is 17.7. The van der Waals surface area contributed by atoms with Gasteiger partial charge in [-0.05, 0) is 56.7 Å². The number of methoxy groups -OCH3 is 1. The quantitative estimate of drug-likeness (QED) is 0.663. The molecule has 0 spiro atoms. The Morgan fingerprint density at radius 3 is 2.59 bits per heavy atom. The molecule has 29 heavy (non-hydrogen) atoms. The van der Waals surface area contributed by atoms with E-state index in [2.05, 4.69) is 59.0 Å². The van der Waals surface area contributed by atoms with E-state index in [4.69, 9.17) is 4.74 Å². The zero-order valence-electron chi connectivity index (χ0n) is 17.7. The maximum atomic E-state index is 13.1. The summed E-state index contributed by atoms with van der Waals surface area (Å²) in [5.74, 6) is 1.07. The number of benzene rings is 2. The molecule has 1 N–H and O–H groups in total. The number of ketones is 1. The van der Waals surface area contributed by atoms with Crippen LogP contribution in [0.15, 0.2) is 42.5 Å². The molecule has 1 fully saturated rings. The van der Waals surface area contributed by atoms with Crippen molar-refractivity contribution in [2.24, 2.45) is 0 Å². The van der Waals surface area contributed by atoms with E-state index >= 15 is 0 Å². The minimum absolute atomic E-state index is 0.197. The molecule has 1 atom stereocenters. The molecule has 1 aliphatic heterocycles. The number of Topliss-reactive ketones (excluding diaryl/α,β-unsaturated/α-hetero) is 1. The van der Waals surface area contributed by atoms with Crippen LogP contribution in [0.25, 0.3) is 10.9 Å². The van der Waals surface area contributed by atoms with E-state index in [9.17, 15) is 4.79 Å². The monoisotopic (exact) mass is 391 g/mol. The molecule has 0 radical (unpaired) electrons. The summed E-state index contributed by atoms with van der Waals surface area (Å²) in [5.41, 5.74) is 5.24. The molecule has 152 valence electrons. The van der Waals surface area contributed by atoms with Crippen molar-refractivity contribution in [3.63, 3.8) is 0 Å². The van der Waals surface area contributed by atoms with Crippen molar-refractivity contribution in [3.05, 3.63) is 59.3 Å². The van der Waals surface area contributed by atoms with Crippen molar-refractivity contribution >= 4 is 22.4 Å². The molecule has 4 rings (SSSR count). The second-order valence-corrected chi connectivity index (χ2v) is 8.07. The average molecular weight is 392 g/mol. The fourth-order valence-electron chi connectivity index (χ4n) is 4.42. The second kappa shape index (κ2) is 7.91. The summed E-state index contributed by atoms with van der Waals surface area (Å²) in [4.78, 5) is 21.2. The molecule has 0 unspecified atom stereocenters. The molecule has 0 saturated carbocycles. The van der Waals surface area contributed by atoms with Gasteiger partial charge in [0.1, 0.15) is 5.75 Å². The third-order valence-corrected chi connectivity index (χ3v) is 5.90. The number of aromatic amines is 1. The zero-order valence-corrected chi connectivity index (χ0v) is 17.7. The Labute approximate surface area is 172 Å². The SMILES string of the molecule is COc1ccc(N2CCN(CC(=O)c3c(C)[nH]c4cc(C)ccc34)C[C@H]2C)cc1. The first-order valence-electron chi connectivity index (χ1n) is 10.2. The Balaban J connectivity index is 1.45. The lowest BCUT2D eigenvalue weighted by Gasteiger charge is -2.41. The first kappa shape index (κ1) is 19.5. The Morgan fingerprint density at radius 2 is 1.90 bits per heavy atom. The molecule has 0 aliphatic carbocycles. The van der Waals surface area contributed by atoms with Gasteiger partial charge >= 0.3 is 0 Å². The summed E-state index contributed by atoms with van der Waals surface area (Å²) >= 11 is 0. The molecule has 0 bridgehead atoms. The van der Waals surface area contributed by atoms with Crippen LogP contribution in [0.3, 0.4) is 0 Å². The van der Waals surface area contributed by atoms with E-state index in [1.54, 1.807) is 7.11 Å².